The lowest BCUT2D eigenvalue weighted by molar-refractivity contribution is 0.443. The van der Waals surface area contributed by atoms with Crippen LogP contribution in [0.2, 0.25) is 11.6 Å². The van der Waals surface area contributed by atoms with Crippen LogP contribution in [0.15, 0.2) is 35.2 Å². The van der Waals surface area contributed by atoms with Crippen molar-refractivity contribution >= 4 is 13.1 Å². The van der Waals surface area contributed by atoms with E-state index in [0.717, 1.165) is 11.6 Å². The largest absolute Gasteiger partial charge is 0.348 e. The second kappa shape index (κ2) is 5.08. The van der Waals surface area contributed by atoms with Crippen LogP contribution in [-0.2, 0) is 0 Å². The van der Waals surface area contributed by atoms with E-state index in [1.54, 1.807) is 0 Å². The quantitative estimate of drug-likeness (QED) is 0.528. The summed E-state index contributed by atoms with van der Waals surface area (Å²) >= 11 is 0. The first-order chi connectivity index (χ1) is 8.43. The zero-order chi connectivity index (χ0) is 11.5. The molecular formula is C15H20BN. The molecule has 2 fully saturated rings. The van der Waals surface area contributed by atoms with Crippen molar-refractivity contribution in [3.8, 4) is 0 Å². The van der Waals surface area contributed by atoms with Crippen LogP contribution in [0.25, 0.3) is 0 Å². The van der Waals surface area contributed by atoms with Crippen molar-refractivity contribution in [1.82, 2.24) is 0 Å². The van der Waals surface area contributed by atoms with Crippen LogP contribution in [-0.4, -0.2) is 13.1 Å². The highest BCUT2D eigenvalue weighted by Crippen LogP contribution is 2.46. The Balaban J connectivity index is 1.73. The number of fused-ring (bicyclic) bond motifs is 2. The van der Waals surface area contributed by atoms with Crippen molar-refractivity contribution in [3.63, 3.8) is 0 Å². The van der Waals surface area contributed by atoms with E-state index in [1.807, 2.05) is 0 Å². The van der Waals surface area contributed by atoms with E-state index in [2.05, 4.69) is 36.5 Å². The highest BCUT2D eigenvalue weighted by atomic mass is 14.6. The molecule has 17 heavy (non-hydrogen) atoms. The molecule has 0 aliphatic carbocycles. The molecule has 0 radical (unpaired) electrons. The molecule has 0 N–H and O–H groups in total. The van der Waals surface area contributed by atoms with Gasteiger partial charge < -0.3 is 4.90 Å². The standard InChI is InChI=1S/C15H20BN/c1-2-6-13(7-3-1)12-17-16-14-8-4-9-15(16)11-5-10-14/h1-3,6-7,12,14-15H,4-5,8-11H2/b17-12+. The SMILES string of the molecule is C(=N\B1C2CCCC1CCC2)/c1ccccc1. The van der Waals surface area contributed by atoms with Crippen molar-refractivity contribution in [2.24, 2.45) is 4.90 Å². The fourth-order valence-electron chi connectivity index (χ4n) is 3.60. The molecule has 1 aromatic rings. The van der Waals surface area contributed by atoms with Gasteiger partial charge in [-0.3, -0.25) is 0 Å². The van der Waals surface area contributed by atoms with Gasteiger partial charge >= 0.3 is 0 Å². The summed E-state index contributed by atoms with van der Waals surface area (Å²) < 4.78 is 0. The van der Waals surface area contributed by atoms with Crippen LogP contribution >= 0.6 is 0 Å². The molecule has 2 aliphatic heterocycles. The van der Waals surface area contributed by atoms with Gasteiger partial charge in [-0.15, -0.1) is 0 Å². The molecule has 2 heterocycles. The van der Waals surface area contributed by atoms with Crippen molar-refractivity contribution in [2.45, 2.75) is 50.2 Å². The zero-order valence-corrected chi connectivity index (χ0v) is 10.4. The van der Waals surface area contributed by atoms with Crippen molar-refractivity contribution in [1.29, 1.82) is 0 Å². The summed E-state index contributed by atoms with van der Waals surface area (Å²) in [5.41, 5.74) is 1.25. The molecule has 2 aliphatic rings. The minimum atomic E-state index is 0.623. The minimum absolute atomic E-state index is 0.623. The van der Waals surface area contributed by atoms with Gasteiger partial charge in [-0.1, -0.05) is 68.9 Å². The first-order valence-corrected chi connectivity index (χ1v) is 7.02. The van der Waals surface area contributed by atoms with Crippen molar-refractivity contribution in [3.05, 3.63) is 35.9 Å². The maximum absolute atomic E-state index is 4.91. The van der Waals surface area contributed by atoms with Crippen LogP contribution in [0.5, 0.6) is 0 Å². The molecule has 2 saturated heterocycles. The molecule has 1 aromatic carbocycles. The summed E-state index contributed by atoms with van der Waals surface area (Å²) in [5, 5.41) is 0. The fraction of sp³-hybridized carbons (Fsp3) is 0.533. The average molecular weight is 225 g/mol. The Kier molecular flexibility index (Phi) is 3.30. The summed E-state index contributed by atoms with van der Waals surface area (Å²) in [6, 6.07) is 10.5. The monoisotopic (exact) mass is 225 g/mol. The van der Waals surface area contributed by atoms with Crippen LogP contribution in [0.4, 0.5) is 0 Å². The van der Waals surface area contributed by atoms with Crippen molar-refractivity contribution < 1.29 is 0 Å². The molecule has 1 nitrogen and oxygen atoms in total. The molecule has 88 valence electrons. The van der Waals surface area contributed by atoms with E-state index < -0.39 is 0 Å². The highest BCUT2D eigenvalue weighted by molar-refractivity contribution is 6.61. The second-order valence-corrected chi connectivity index (χ2v) is 5.56. The first-order valence-electron chi connectivity index (χ1n) is 7.02. The third-order valence-corrected chi connectivity index (χ3v) is 4.46. The van der Waals surface area contributed by atoms with E-state index >= 15 is 0 Å². The lowest BCUT2D eigenvalue weighted by Gasteiger charge is -2.37. The minimum Gasteiger partial charge on any atom is -0.348 e. The van der Waals surface area contributed by atoms with Gasteiger partial charge in [0.1, 0.15) is 0 Å². The lowest BCUT2D eigenvalue weighted by Crippen LogP contribution is -2.33. The molecule has 2 bridgehead atoms. The van der Waals surface area contributed by atoms with Gasteiger partial charge in [-0.2, -0.15) is 0 Å². The first kappa shape index (κ1) is 11.1. The number of hydrogen-bond acceptors (Lipinski definition) is 1. The Hall–Kier alpha value is -1.05. The Bertz CT molecular complexity index is 365. The number of nitrogens with zero attached hydrogens (tertiary/aromatic N) is 1. The Morgan fingerprint density at radius 2 is 1.53 bits per heavy atom. The van der Waals surface area contributed by atoms with Crippen molar-refractivity contribution in [2.75, 3.05) is 0 Å². The van der Waals surface area contributed by atoms with Gasteiger partial charge in [0.25, 0.3) is 6.85 Å². The Morgan fingerprint density at radius 3 is 2.12 bits per heavy atom. The fourth-order valence-corrected chi connectivity index (χ4v) is 3.60. The molecule has 0 unspecified atom stereocenters. The smallest absolute Gasteiger partial charge is 0.285 e. The van der Waals surface area contributed by atoms with Gasteiger partial charge in [0, 0.05) is 6.21 Å². The summed E-state index contributed by atoms with van der Waals surface area (Å²) in [6.45, 7) is 0.623. The summed E-state index contributed by atoms with van der Waals surface area (Å²) in [6.07, 6.45) is 10.6. The molecular weight excluding hydrogens is 205 g/mol. The van der Waals surface area contributed by atoms with Gasteiger partial charge in [-0.05, 0) is 17.2 Å². The van der Waals surface area contributed by atoms with Gasteiger partial charge in [0.05, 0.1) is 0 Å². The average Bonchev–Trinajstić information content (AvgIpc) is 2.37. The maximum atomic E-state index is 4.91. The molecule has 0 spiro atoms. The number of rotatable bonds is 2. The van der Waals surface area contributed by atoms with E-state index in [1.165, 1.54) is 44.1 Å². The highest BCUT2D eigenvalue weighted by Gasteiger charge is 2.39. The van der Waals surface area contributed by atoms with E-state index in [-0.39, 0.29) is 0 Å². The van der Waals surface area contributed by atoms with E-state index in [0.29, 0.717) is 6.85 Å². The third-order valence-electron chi connectivity index (χ3n) is 4.46. The molecule has 0 aromatic heterocycles. The van der Waals surface area contributed by atoms with Gasteiger partial charge in [0.2, 0.25) is 0 Å². The molecule has 3 rings (SSSR count). The predicted octanol–water partition coefficient (Wildman–Crippen LogP) is 4.21. The molecule has 0 amide bonds. The third kappa shape index (κ3) is 2.46. The Morgan fingerprint density at radius 1 is 0.941 bits per heavy atom. The Labute approximate surface area is 104 Å². The normalized spacial score (nSPS) is 28.6. The van der Waals surface area contributed by atoms with Crippen LogP contribution in [0.3, 0.4) is 0 Å². The van der Waals surface area contributed by atoms with Gasteiger partial charge in [0.15, 0.2) is 0 Å². The molecule has 0 atom stereocenters. The summed E-state index contributed by atoms with van der Waals surface area (Å²) in [7, 11) is 0. The number of hydrogen-bond donors (Lipinski definition) is 0. The second-order valence-electron chi connectivity index (χ2n) is 5.56. The summed E-state index contributed by atoms with van der Waals surface area (Å²) in [4.78, 5) is 4.91. The van der Waals surface area contributed by atoms with Crippen LogP contribution in [0.1, 0.15) is 44.1 Å². The number of benzene rings is 1. The van der Waals surface area contributed by atoms with E-state index in [4.69, 9.17) is 4.90 Å². The van der Waals surface area contributed by atoms with Crippen LogP contribution < -0.4 is 0 Å². The van der Waals surface area contributed by atoms with E-state index in [9.17, 15) is 0 Å². The lowest BCUT2D eigenvalue weighted by atomic mass is 9.35. The van der Waals surface area contributed by atoms with Crippen LogP contribution in [0, 0.1) is 0 Å². The summed E-state index contributed by atoms with van der Waals surface area (Å²) in [5.74, 6) is 1.75. The molecule has 2 heteroatoms. The topological polar surface area (TPSA) is 12.4 Å². The zero-order valence-electron chi connectivity index (χ0n) is 10.4. The maximum Gasteiger partial charge on any atom is 0.285 e. The predicted molar refractivity (Wildman–Crippen MR) is 75.0 cm³/mol. The van der Waals surface area contributed by atoms with Gasteiger partial charge in [-0.25, -0.2) is 0 Å². The molecule has 0 saturated carbocycles.